The Balaban J connectivity index is 1.41. The quantitative estimate of drug-likeness (QED) is 0.464. The molecule has 31 heavy (non-hydrogen) atoms. The van der Waals surface area contributed by atoms with Crippen molar-refractivity contribution in [2.75, 3.05) is 20.2 Å². The standard InChI is InChI=1S/C21H22N7O3/c1-4-27-8-7-16-14(11-27)5-6-15(22-16)12-30-21-18(29-3)10-19-23-24-20(28(19)25-21)17-9-13(2)31-26-17/h5-6,9-10H,1,4,7-8,11-12H2,2-3H3. The maximum atomic E-state index is 5.98. The molecule has 0 N–H and O–H groups in total. The minimum atomic E-state index is 0.266. The fourth-order valence-corrected chi connectivity index (χ4v) is 3.61. The number of methoxy groups -OCH3 is 1. The molecule has 0 fully saturated rings. The van der Waals surface area contributed by atoms with Crippen LogP contribution < -0.4 is 9.47 Å². The molecule has 0 bridgehead atoms. The van der Waals surface area contributed by atoms with Crippen LogP contribution in [0.25, 0.3) is 17.2 Å². The van der Waals surface area contributed by atoms with Gasteiger partial charge in [-0.2, -0.15) is 4.52 Å². The van der Waals surface area contributed by atoms with Gasteiger partial charge in [-0.25, -0.2) is 0 Å². The first-order chi connectivity index (χ1) is 15.1. The molecule has 0 saturated heterocycles. The van der Waals surface area contributed by atoms with E-state index in [1.54, 1.807) is 23.8 Å². The smallest absolute Gasteiger partial charge is 0.275 e. The van der Waals surface area contributed by atoms with Crippen LogP contribution in [0, 0.1) is 13.8 Å². The van der Waals surface area contributed by atoms with Crippen LogP contribution in [-0.2, 0) is 19.6 Å². The van der Waals surface area contributed by atoms with E-state index in [4.69, 9.17) is 19.0 Å². The maximum Gasteiger partial charge on any atom is 0.275 e. The highest BCUT2D eigenvalue weighted by atomic mass is 16.5. The summed E-state index contributed by atoms with van der Waals surface area (Å²) in [6.07, 6.45) is 0.910. The van der Waals surface area contributed by atoms with Crippen LogP contribution >= 0.6 is 0 Å². The van der Waals surface area contributed by atoms with E-state index in [2.05, 4.69) is 38.3 Å². The summed E-state index contributed by atoms with van der Waals surface area (Å²) in [4.78, 5) is 7.08. The number of ether oxygens (including phenoxy) is 2. The zero-order valence-electron chi connectivity index (χ0n) is 17.4. The van der Waals surface area contributed by atoms with Gasteiger partial charge in [0.15, 0.2) is 17.1 Å². The molecule has 10 nitrogen and oxygen atoms in total. The molecule has 5 rings (SSSR count). The number of pyridine rings is 1. The molecular formula is C21H22N7O3. The lowest BCUT2D eigenvalue weighted by Crippen LogP contribution is -2.31. The van der Waals surface area contributed by atoms with Crippen LogP contribution in [0.4, 0.5) is 0 Å². The largest absolute Gasteiger partial charge is 0.491 e. The number of aromatic nitrogens is 6. The van der Waals surface area contributed by atoms with Crippen molar-refractivity contribution >= 4 is 5.65 Å². The van der Waals surface area contributed by atoms with E-state index in [1.807, 2.05) is 13.0 Å². The average molecular weight is 420 g/mol. The van der Waals surface area contributed by atoms with Gasteiger partial charge in [0.25, 0.3) is 5.88 Å². The van der Waals surface area contributed by atoms with E-state index < -0.39 is 0 Å². The summed E-state index contributed by atoms with van der Waals surface area (Å²) >= 11 is 0. The molecule has 4 aromatic heterocycles. The molecular weight excluding hydrogens is 398 g/mol. The summed E-state index contributed by atoms with van der Waals surface area (Å²) in [5.41, 5.74) is 4.25. The number of hydrogen-bond donors (Lipinski definition) is 0. The minimum absolute atomic E-state index is 0.266. The molecule has 4 aromatic rings. The Morgan fingerprint density at radius 2 is 2.13 bits per heavy atom. The molecule has 0 spiro atoms. The van der Waals surface area contributed by atoms with Gasteiger partial charge in [-0.15, -0.1) is 15.3 Å². The molecule has 1 aliphatic heterocycles. The normalized spacial score (nSPS) is 14.0. The van der Waals surface area contributed by atoms with Gasteiger partial charge >= 0.3 is 0 Å². The molecule has 10 heteroatoms. The summed E-state index contributed by atoms with van der Waals surface area (Å²) < 4.78 is 18.1. The predicted octanol–water partition coefficient (Wildman–Crippen LogP) is 2.26. The third-order valence-corrected chi connectivity index (χ3v) is 5.26. The lowest BCUT2D eigenvalue weighted by molar-refractivity contribution is 0.260. The fourth-order valence-electron chi connectivity index (χ4n) is 3.61. The highest BCUT2D eigenvalue weighted by Gasteiger charge is 2.19. The Morgan fingerprint density at radius 3 is 2.90 bits per heavy atom. The van der Waals surface area contributed by atoms with Gasteiger partial charge < -0.3 is 14.0 Å². The molecule has 1 aliphatic rings. The summed E-state index contributed by atoms with van der Waals surface area (Å²) in [5, 5.41) is 16.9. The molecule has 0 atom stereocenters. The first-order valence-electron chi connectivity index (χ1n) is 10.0. The topological polar surface area (TPSA) is 104 Å². The predicted molar refractivity (Wildman–Crippen MR) is 110 cm³/mol. The number of hydrogen-bond acceptors (Lipinski definition) is 9. The van der Waals surface area contributed by atoms with Crippen LogP contribution in [0.15, 0.2) is 28.8 Å². The van der Waals surface area contributed by atoms with E-state index in [-0.39, 0.29) is 6.61 Å². The Bertz CT molecular complexity index is 1230. The summed E-state index contributed by atoms with van der Waals surface area (Å²) in [6, 6.07) is 7.59. The van der Waals surface area contributed by atoms with Crippen molar-refractivity contribution in [3.8, 4) is 23.1 Å². The summed E-state index contributed by atoms with van der Waals surface area (Å²) in [5.74, 6) is 1.92. The van der Waals surface area contributed by atoms with Gasteiger partial charge in [0.2, 0.25) is 5.82 Å². The maximum absolute atomic E-state index is 5.98. The lowest BCUT2D eigenvalue weighted by atomic mass is 10.1. The minimum Gasteiger partial charge on any atom is -0.491 e. The molecule has 159 valence electrons. The Labute approximate surface area is 178 Å². The molecule has 0 aliphatic carbocycles. The summed E-state index contributed by atoms with van der Waals surface area (Å²) in [6.45, 7) is 8.71. The van der Waals surface area contributed by atoms with E-state index >= 15 is 0 Å². The van der Waals surface area contributed by atoms with Crippen molar-refractivity contribution in [1.29, 1.82) is 0 Å². The number of aryl methyl sites for hydroxylation is 1. The second-order valence-corrected chi connectivity index (χ2v) is 7.36. The van der Waals surface area contributed by atoms with Gasteiger partial charge in [0.1, 0.15) is 12.4 Å². The van der Waals surface area contributed by atoms with Crippen molar-refractivity contribution in [3.05, 3.63) is 53.9 Å². The van der Waals surface area contributed by atoms with Crippen molar-refractivity contribution in [3.63, 3.8) is 0 Å². The van der Waals surface area contributed by atoms with E-state index in [1.165, 1.54) is 5.56 Å². The van der Waals surface area contributed by atoms with Crippen LogP contribution in [-0.4, -0.2) is 55.1 Å². The van der Waals surface area contributed by atoms with Gasteiger partial charge in [-0.05, 0) is 32.0 Å². The summed E-state index contributed by atoms with van der Waals surface area (Å²) in [7, 11) is 1.56. The van der Waals surface area contributed by atoms with E-state index in [0.717, 1.165) is 37.4 Å². The number of fused-ring (bicyclic) bond motifs is 2. The van der Waals surface area contributed by atoms with Crippen molar-refractivity contribution in [2.45, 2.75) is 26.5 Å². The van der Waals surface area contributed by atoms with Crippen molar-refractivity contribution in [2.24, 2.45) is 0 Å². The zero-order valence-corrected chi connectivity index (χ0v) is 17.4. The Morgan fingerprint density at radius 1 is 1.23 bits per heavy atom. The van der Waals surface area contributed by atoms with Crippen molar-refractivity contribution < 1.29 is 14.0 Å². The van der Waals surface area contributed by atoms with Crippen LogP contribution in [0.2, 0.25) is 0 Å². The van der Waals surface area contributed by atoms with Gasteiger partial charge in [-0.3, -0.25) is 9.88 Å². The third-order valence-electron chi connectivity index (χ3n) is 5.26. The molecule has 1 radical (unpaired) electrons. The lowest BCUT2D eigenvalue weighted by Gasteiger charge is -2.26. The highest BCUT2D eigenvalue weighted by Crippen LogP contribution is 2.28. The van der Waals surface area contributed by atoms with Gasteiger partial charge in [0, 0.05) is 37.3 Å². The first-order valence-corrected chi connectivity index (χ1v) is 10.0. The fraction of sp³-hybridized carbons (Fsp3) is 0.333. The molecule has 0 unspecified atom stereocenters. The van der Waals surface area contributed by atoms with E-state index in [9.17, 15) is 0 Å². The van der Waals surface area contributed by atoms with Crippen LogP contribution in [0.5, 0.6) is 11.6 Å². The second kappa shape index (κ2) is 7.95. The number of nitrogens with zero attached hydrogens (tertiary/aromatic N) is 7. The Hall–Kier alpha value is -3.53. The number of rotatable bonds is 6. The van der Waals surface area contributed by atoms with Gasteiger partial charge in [-0.1, -0.05) is 11.2 Å². The van der Waals surface area contributed by atoms with E-state index in [0.29, 0.717) is 34.6 Å². The first kappa shape index (κ1) is 19.4. The molecule has 0 aromatic carbocycles. The molecule has 0 amide bonds. The van der Waals surface area contributed by atoms with Crippen molar-refractivity contribution in [1.82, 2.24) is 34.9 Å². The third kappa shape index (κ3) is 3.70. The molecule has 0 saturated carbocycles. The van der Waals surface area contributed by atoms with Crippen LogP contribution in [0.3, 0.4) is 0 Å². The monoisotopic (exact) mass is 420 g/mol. The molecule has 5 heterocycles. The zero-order chi connectivity index (χ0) is 21.4. The second-order valence-electron chi connectivity index (χ2n) is 7.36. The average Bonchev–Trinajstić information content (AvgIpc) is 3.41. The highest BCUT2D eigenvalue weighted by molar-refractivity contribution is 5.56. The Kier molecular flexibility index (Phi) is 4.99. The SMILES string of the molecule is [CH2]CN1CCc2nc(COc3nn4c(-c5cc(C)on5)nnc4cc3OC)ccc2C1. The van der Waals surface area contributed by atoms with Crippen LogP contribution in [0.1, 0.15) is 22.7 Å². The van der Waals surface area contributed by atoms with Gasteiger partial charge in [0.05, 0.1) is 12.8 Å².